The van der Waals surface area contributed by atoms with Crippen LogP contribution in [0.4, 0.5) is 0 Å². The molecule has 1 heterocycles. The van der Waals surface area contributed by atoms with Crippen LogP contribution in [-0.2, 0) is 6.42 Å². The van der Waals surface area contributed by atoms with E-state index >= 15 is 0 Å². The van der Waals surface area contributed by atoms with E-state index in [1.165, 1.54) is 16.1 Å². The first-order chi connectivity index (χ1) is 10.3. The molecule has 21 heavy (non-hydrogen) atoms. The average Bonchev–Trinajstić information content (AvgIpc) is 2.90. The molecule has 0 amide bonds. The van der Waals surface area contributed by atoms with Crippen molar-refractivity contribution in [1.29, 1.82) is 0 Å². The van der Waals surface area contributed by atoms with Crippen LogP contribution in [0.2, 0.25) is 0 Å². The topological polar surface area (TPSA) is 28.2 Å². The number of para-hydroxylation sites is 1. The van der Waals surface area contributed by atoms with E-state index in [4.69, 9.17) is 4.98 Å². The molecule has 2 aromatic rings. The van der Waals surface area contributed by atoms with Gasteiger partial charge in [0.25, 0.3) is 0 Å². The van der Waals surface area contributed by atoms with Crippen LogP contribution in [0.15, 0.2) is 24.3 Å². The minimum atomic E-state index is 0.524. The SMILES string of the molecule is CCNC(CCN(CC)CC)Cc1nc2ccccc2s1. The summed E-state index contributed by atoms with van der Waals surface area (Å²) in [4.78, 5) is 7.26. The predicted molar refractivity (Wildman–Crippen MR) is 93.2 cm³/mol. The smallest absolute Gasteiger partial charge is 0.0954 e. The summed E-state index contributed by atoms with van der Waals surface area (Å²) >= 11 is 1.83. The fourth-order valence-corrected chi connectivity index (χ4v) is 3.71. The fourth-order valence-electron chi connectivity index (χ4n) is 2.66. The summed E-state index contributed by atoms with van der Waals surface area (Å²) in [5.74, 6) is 0. The van der Waals surface area contributed by atoms with Gasteiger partial charge in [-0.2, -0.15) is 0 Å². The summed E-state index contributed by atoms with van der Waals surface area (Å²) in [6.45, 7) is 11.1. The number of hydrogen-bond donors (Lipinski definition) is 1. The summed E-state index contributed by atoms with van der Waals surface area (Å²) in [7, 11) is 0. The third-order valence-corrected chi connectivity index (χ3v) is 5.00. The molecule has 2 rings (SSSR count). The van der Waals surface area contributed by atoms with E-state index in [1.807, 2.05) is 11.3 Å². The van der Waals surface area contributed by atoms with Crippen LogP contribution in [-0.4, -0.2) is 42.1 Å². The van der Waals surface area contributed by atoms with Gasteiger partial charge in [-0.25, -0.2) is 4.98 Å². The number of benzene rings is 1. The molecule has 0 aliphatic heterocycles. The molecule has 0 bridgehead atoms. The predicted octanol–water partition coefficient (Wildman–Crippen LogP) is 3.55. The Morgan fingerprint density at radius 3 is 2.62 bits per heavy atom. The zero-order chi connectivity index (χ0) is 15.1. The Hall–Kier alpha value is -0.970. The molecule has 0 spiro atoms. The number of likely N-dealkylation sites (N-methyl/N-ethyl adjacent to an activating group) is 1. The van der Waals surface area contributed by atoms with E-state index in [0.29, 0.717) is 6.04 Å². The number of rotatable bonds is 9. The van der Waals surface area contributed by atoms with E-state index in [1.54, 1.807) is 0 Å². The van der Waals surface area contributed by atoms with Gasteiger partial charge < -0.3 is 10.2 Å². The van der Waals surface area contributed by atoms with E-state index in [0.717, 1.165) is 38.1 Å². The van der Waals surface area contributed by atoms with Crippen molar-refractivity contribution in [2.75, 3.05) is 26.2 Å². The zero-order valence-corrected chi connectivity index (χ0v) is 14.2. The lowest BCUT2D eigenvalue weighted by Crippen LogP contribution is -2.35. The molecule has 1 aromatic carbocycles. The van der Waals surface area contributed by atoms with Gasteiger partial charge in [-0.1, -0.05) is 32.9 Å². The van der Waals surface area contributed by atoms with Gasteiger partial charge in [0.05, 0.1) is 15.2 Å². The van der Waals surface area contributed by atoms with Gasteiger partial charge in [0.1, 0.15) is 0 Å². The second kappa shape index (κ2) is 8.47. The van der Waals surface area contributed by atoms with Gasteiger partial charge in [0.2, 0.25) is 0 Å². The van der Waals surface area contributed by atoms with E-state index in [9.17, 15) is 0 Å². The average molecular weight is 305 g/mol. The Kier molecular flexibility index (Phi) is 6.61. The quantitative estimate of drug-likeness (QED) is 0.768. The number of hydrogen-bond acceptors (Lipinski definition) is 4. The van der Waals surface area contributed by atoms with Crippen LogP contribution in [0.25, 0.3) is 10.2 Å². The van der Waals surface area contributed by atoms with E-state index in [2.05, 4.69) is 55.3 Å². The molecule has 0 radical (unpaired) electrons. The maximum atomic E-state index is 4.77. The standard InChI is InChI=1S/C17H27N3S/c1-4-18-14(11-12-20(5-2)6-3)13-17-19-15-9-7-8-10-16(15)21-17/h7-10,14,18H,4-6,11-13H2,1-3H3. The molecule has 1 N–H and O–H groups in total. The highest BCUT2D eigenvalue weighted by Gasteiger charge is 2.13. The second-order valence-corrected chi connectivity index (χ2v) is 6.46. The Bertz CT molecular complexity index is 501. The molecule has 0 aliphatic carbocycles. The molecule has 1 aromatic heterocycles. The zero-order valence-electron chi connectivity index (χ0n) is 13.4. The van der Waals surface area contributed by atoms with Crippen LogP contribution in [0, 0.1) is 0 Å². The van der Waals surface area contributed by atoms with Gasteiger partial charge in [0.15, 0.2) is 0 Å². The number of fused-ring (bicyclic) bond motifs is 1. The molecule has 0 saturated heterocycles. The second-order valence-electron chi connectivity index (χ2n) is 5.35. The highest BCUT2D eigenvalue weighted by atomic mass is 32.1. The number of thiazole rings is 1. The van der Waals surface area contributed by atoms with Gasteiger partial charge in [-0.3, -0.25) is 0 Å². The summed E-state index contributed by atoms with van der Waals surface area (Å²) in [6, 6.07) is 8.94. The first-order valence-corrected chi connectivity index (χ1v) is 8.88. The highest BCUT2D eigenvalue weighted by molar-refractivity contribution is 7.18. The van der Waals surface area contributed by atoms with Crippen molar-refractivity contribution < 1.29 is 0 Å². The molecule has 1 unspecified atom stereocenters. The van der Waals surface area contributed by atoms with Crippen molar-refractivity contribution in [1.82, 2.24) is 15.2 Å². The summed E-state index contributed by atoms with van der Waals surface area (Å²) in [5.41, 5.74) is 1.14. The molecule has 1 atom stereocenters. The monoisotopic (exact) mass is 305 g/mol. The van der Waals surface area contributed by atoms with Crippen molar-refractivity contribution in [2.24, 2.45) is 0 Å². The maximum absolute atomic E-state index is 4.77. The first-order valence-electron chi connectivity index (χ1n) is 8.07. The minimum Gasteiger partial charge on any atom is -0.314 e. The molecule has 3 nitrogen and oxygen atoms in total. The Morgan fingerprint density at radius 1 is 1.19 bits per heavy atom. The normalized spacial score (nSPS) is 13.1. The summed E-state index contributed by atoms with van der Waals surface area (Å²) < 4.78 is 1.30. The van der Waals surface area contributed by atoms with Crippen molar-refractivity contribution in [3.8, 4) is 0 Å². The molecular formula is C17H27N3S. The van der Waals surface area contributed by atoms with Gasteiger partial charge in [-0.15, -0.1) is 11.3 Å². The number of aromatic nitrogens is 1. The maximum Gasteiger partial charge on any atom is 0.0954 e. The summed E-state index contributed by atoms with van der Waals surface area (Å²) in [5, 5.41) is 4.87. The van der Waals surface area contributed by atoms with E-state index in [-0.39, 0.29) is 0 Å². The van der Waals surface area contributed by atoms with Crippen LogP contribution in [0.3, 0.4) is 0 Å². The van der Waals surface area contributed by atoms with Crippen LogP contribution in [0.5, 0.6) is 0 Å². The highest BCUT2D eigenvalue weighted by Crippen LogP contribution is 2.22. The van der Waals surface area contributed by atoms with Gasteiger partial charge >= 0.3 is 0 Å². The Balaban J connectivity index is 1.98. The third kappa shape index (κ3) is 4.77. The van der Waals surface area contributed by atoms with Crippen LogP contribution < -0.4 is 5.32 Å². The fraction of sp³-hybridized carbons (Fsp3) is 0.588. The lowest BCUT2D eigenvalue weighted by atomic mass is 10.1. The third-order valence-electron chi connectivity index (χ3n) is 3.94. The molecule has 0 saturated carbocycles. The van der Waals surface area contributed by atoms with E-state index < -0.39 is 0 Å². The van der Waals surface area contributed by atoms with Crippen molar-refractivity contribution in [3.05, 3.63) is 29.3 Å². The largest absolute Gasteiger partial charge is 0.314 e. The van der Waals surface area contributed by atoms with Gasteiger partial charge in [-0.05, 0) is 44.7 Å². The number of nitrogens with one attached hydrogen (secondary N) is 1. The molecule has 0 aliphatic rings. The molecule has 4 heteroatoms. The number of nitrogens with zero attached hydrogens (tertiary/aromatic N) is 2. The van der Waals surface area contributed by atoms with Crippen molar-refractivity contribution in [2.45, 2.75) is 39.7 Å². The lowest BCUT2D eigenvalue weighted by Gasteiger charge is -2.22. The van der Waals surface area contributed by atoms with Crippen LogP contribution >= 0.6 is 11.3 Å². The van der Waals surface area contributed by atoms with Crippen molar-refractivity contribution >= 4 is 21.6 Å². The van der Waals surface area contributed by atoms with Crippen molar-refractivity contribution in [3.63, 3.8) is 0 Å². The molecular weight excluding hydrogens is 278 g/mol. The van der Waals surface area contributed by atoms with Gasteiger partial charge in [0, 0.05) is 12.5 Å². The Labute approximate surface area is 132 Å². The van der Waals surface area contributed by atoms with Crippen LogP contribution in [0.1, 0.15) is 32.2 Å². The molecule has 0 fully saturated rings. The first kappa shape index (κ1) is 16.4. The summed E-state index contributed by atoms with van der Waals surface area (Å²) in [6.07, 6.45) is 2.22. The minimum absolute atomic E-state index is 0.524. The Morgan fingerprint density at radius 2 is 1.95 bits per heavy atom. The lowest BCUT2D eigenvalue weighted by molar-refractivity contribution is 0.281. The molecule has 116 valence electrons.